The molecule has 100 valence electrons. The van der Waals surface area contributed by atoms with Gasteiger partial charge < -0.3 is 10.2 Å². The second-order valence-electron chi connectivity index (χ2n) is 4.64. The van der Waals surface area contributed by atoms with E-state index in [0.29, 0.717) is 0 Å². The normalized spacial score (nSPS) is 13.9. The second kappa shape index (κ2) is 12.0. The van der Waals surface area contributed by atoms with Gasteiger partial charge in [-0.2, -0.15) is 0 Å². The fourth-order valence-electron chi connectivity index (χ4n) is 1.65. The van der Waals surface area contributed by atoms with Crippen molar-refractivity contribution in [2.45, 2.75) is 83.8 Å². The first kappa shape index (κ1) is 16.5. The fourth-order valence-corrected chi connectivity index (χ4v) is 1.65. The minimum absolute atomic E-state index is 0.174. The molecule has 0 amide bonds. The number of rotatable bonds is 9. The zero-order valence-electron chi connectivity index (χ0n) is 11.4. The van der Waals surface area contributed by atoms with E-state index in [1.54, 1.807) is 0 Å². The zero-order valence-corrected chi connectivity index (χ0v) is 11.4. The molecule has 17 heavy (non-hydrogen) atoms. The van der Waals surface area contributed by atoms with Crippen LogP contribution in [0, 0.1) is 11.8 Å². The monoisotopic (exact) mass is 240 g/mol. The Labute approximate surface area is 106 Å². The quantitative estimate of drug-likeness (QED) is 0.480. The molecule has 0 heterocycles. The van der Waals surface area contributed by atoms with Crippen LogP contribution in [0.4, 0.5) is 0 Å². The number of aliphatic hydroxyl groups is 2. The predicted octanol–water partition coefficient (Wildman–Crippen LogP) is 3.26. The van der Waals surface area contributed by atoms with Gasteiger partial charge in [0.1, 0.15) is 6.10 Å². The Morgan fingerprint density at radius 2 is 1.65 bits per heavy atom. The molecule has 0 fully saturated rings. The van der Waals surface area contributed by atoms with Crippen LogP contribution in [0.15, 0.2) is 0 Å². The lowest BCUT2D eigenvalue weighted by atomic mass is 10.1. The van der Waals surface area contributed by atoms with Crippen LogP contribution >= 0.6 is 0 Å². The van der Waals surface area contributed by atoms with Crippen molar-refractivity contribution in [2.24, 2.45) is 0 Å². The molecule has 0 radical (unpaired) electrons. The van der Waals surface area contributed by atoms with Gasteiger partial charge in [0.15, 0.2) is 0 Å². The first-order valence-electron chi connectivity index (χ1n) is 7.05. The van der Waals surface area contributed by atoms with Crippen molar-refractivity contribution in [3.63, 3.8) is 0 Å². The third-order valence-corrected chi connectivity index (χ3v) is 2.91. The highest BCUT2D eigenvalue weighted by molar-refractivity contribution is 5.04. The van der Waals surface area contributed by atoms with Gasteiger partial charge in [0, 0.05) is 6.42 Å². The molecular weight excluding hydrogens is 212 g/mol. The van der Waals surface area contributed by atoms with E-state index >= 15 is 0 Å². The predicted molar refractivity (Wildman–Crippen MR) is 72.7 cm³/mol. The van der Waals surface area contributed by atoms with Crippen LogP contribution in [0.5, 0.6) is 0 Å². The van der Waals surface area contributed by atoms with Gasteiger partial charge in [-0.25, -0.2) is 0 Å². The van der Waals surface area contributed by atoms with Crippen molar-refractivity contribution in [1.29, 1.82) is 0 Å². The molecule has 0 bridgehead atoms. The molecule has 0 aromatic carbocycles. The fraction of sp³-hybridized carbons (Fsp3) is 0.867. The lowest BCUT2D eigenvalue weighted by Gasteiger charge is -2.07. The summed E-state index contributed by atoms with van der Waals surface area (Å²) in [4.78, 5) is 0. The van der Waals surface area contributed by atoms with Crippen LogP contribution in [-0.4, -0.2) is 22.4 Å². The summed E-state index contributed by atoms with van der Waals surface area (Å²) in [5.41, 5.74) is 0. The van der Waals surface area contributed by atoms with Crippen molar-refractivity contribution in [1.82, 2.24) is 0 Å². The smallest absolute Gasteiger partial charge is 0.114 e. The highest BCUT2D eigenvalue weighted by atomic mass is 16.3. The molecule has 2 N–H and O–H groups in total. The van der Waals surface area contributed by atoms with Crippen LogP contribution in [-0.2, 0) is 0 Å². The maximum Gasteiger partial charge on any atom is 0.114 e. The number of unbranched alkanes of at least 4 members (excludes halogenated alkanes) is 4. The van der Waals surface area contributed by atoms with E-state index in [1.165, 1.54) is 12.8 Å². The molecule has 0 aliphatic carbocycles. The third kappa shape index (κ3) is 11.7. The summed E-state index contributed by atoms with van der Waals surface area (Å²) in [6.45, 7) is 4.16. The molecule has 2 atom stereocenters. The molecular formula is C15H28O2. The summed E-state index contributed by atoms with van der Waals surface area (Å²) >= 11 is 0. The van der Waals surface area contributed by atoms with E-state index in [4.69, 9.17) is 0 Å². The zero-order chi connectivity index (χ0) is 12.9. The van der Waals surface area contributed by atoms with Gasteiger partial charge >= 0.3 is 0 Å². The van der Waals surface area contributed by atoms with Gasteiger partial charge in [0.05, 0.1) is 6.10 Å². The van der Waals surface area contributed by atoms with Crippen LogP contribution in [0.2, 0.25) is 0 Å². The summed E-state index contributed by atoms with van der Waals surface area (Å²) in [7, 11) is 0. The molecule has 0 spiro atoms. The largest absolute Gasteiger partial charge is 0.393 e. The molecule has 0 saturated heterocycles. The Morgan fingerprint density at radius 3 is 2.29 bits per heavy atom. The summed E-state index contributed by atoms with van der Waals surface area (Å²) < 4.78 is 0. The Balaban J connectivity index is 3.42. The minimum atomic E-state index is -0.476. The van der Waals surface area contributed by atoms with Crippen LogP contribution < -0.4 is 0 Å². The van der Waals surface area contributed by atoms with Gasteiger partial charge in [-0.1, -0.05) is 39.0 Å². The Kier molecular flexibility index (Phi) is 11.6. The molecule has 0 aliphatic heterocycles. The topological polar surface area (TPSA) is 40.5 Å². The van der Waals surface area contributed by atoms with E-state index in [1.807, 2.05) is 6.92 Å². The van der Waals surface area contributed by atoms with E-state index < -0.39 is 6.10 Å². The van der Waals surface area contributed by atoms with E-state index in [-0.39, 0.29) is 6.10 Å². The van der Waals surface area contributed by atoms with Crippen molar-refractivity contribution in [3.8, 4) is 11.8 Å². The molecule has 2 nitrogen and oxygen atoms in total. The highest BCUT2D eigenvalue weighted by Crippen LogP contribution is 2.07. The number of aliphatic hydroxyl groups excluding tert-OH is 2. The van der Waals surface area contributed by atoms with Gasteiger partial charge in [0.2, 0.25) is 0 Å². The Bertz CT molecular complexity index is 215. The standard InChI is InChI=1S/C15H28O2/c1-3-5-6-7-8-12-15(17)13-10-9-11-14(16)4-2/h14-17H,3-7,9-11,13H2,1-2H3. The van der Waals surface area contributed by atoms with Crippen molar-refractivity contribution >= 4 is 0 Å². The summed E-state index contributed by atoms with van der Waals surface area (Å²) in [5, 5.41) is 18.9. The highest BCUT2D eigenvalue weighted by Gasteiger charge is 2.02. The minimum Gasteiger partial charge on any atom is -0.393 e. The van der Waals surface area contributed by atoms with E-state index in [2.05, 4.69) is 18.8 Å². The van der Waals surface area contributed by atoms with E-state index in [9.17, 15) is 10.2 Å². The first-order chi connectivity index (χ1) is 8.20. The lowest BCUT2D eigenvalue weighted by molar-refractivity contribution is 0.153. The van der Waals surface area contributed by atoms with Crippen molar-refractivity contribution in [2.75, 3.05) is 0 Å². The Morgan fingerprint density at radius 1 is 0.941 bits per heavy atom. The average Bonchev–Trinajstić information content (AvgIpc) is 2.34. The van der Waals surface area contributed by atoms with Crippen LogP contribution in [0.3, 0.4) is 0 Å². The molecule has 0 aliphatic rings. The Hall–Kier alpha value is -0.520. The van der Waals surface area contributed by atoms with Crippen molar-refractivity contribution < 1.29 is 10.2 Å². The molecule has 0 rings (SSSR count). The third-order valence-electron chi connectivity index (χ3n) is 2.91. The van der Waals surface area contributed by atoms with E-state index in [0.717, 1.165) is 44.9 Å². The molecule has 0 aromatic rings. The summed E-state index contributed by atoms with van der Waals surface area (Å²) in [6, 6.07) is 0. The van der Waals surface area contributed by atoms with Crippen LogP contribution in [0.1, 0.15) is 71.6 Å². The molecule has 0 aromatic heterocycles. The maximum atomic E-state index is 9.59. The molecule has 2 unspecified atom stereocenters. The van der Waals surface area contributed by atoms with Crippen LogP contribution in [0.25, 0.3) is 0 Å². The van der Waals surface area contributed by atoms with Gasteiger partial charge in [-0.3, -0.25) is 0 Å². The average molecular weight is 240 g/mol. The number of hydrogen-bond donors (Lipinski definition) is 2. The van der Waals surface area contributed by atoms with Crippen molar-refractivity contribution in [3.05, 3.63) is 0 Å². The van der Waals surface area contributed by atoms with Gasteiger partial charge in [0.25, 0.3) is 0 Å². The summed E-state index contributed by atoms with van der Waals surface area (Å²) in [5.74, 6) is 5.92. The first-order valence-corrected chi connectivity index (χ1v) is 7.05. The second-order valence-corrected chi connectivity index (χ2v) is 4.64. The summed E-state index contributed by atoms with van der Waals surface area (Å²) in [6.07, 6.45) is 8.14. The molecule has 0 saturated carbocycles. The SMILES string of the molecule is CCCCCC#CC(O)CCCCC(O)CC. The van der Waals surface area contributed by atoms with Gasteiger partial charge in [-0.15, -0.1) is 5.92 Å². The number of hydrogen-bond acceptors (Lipinski definition) is 2. The maximum absolute atomic E-state index is 9.59. The lowest BCUT2D eigenvalue weighted by Crippen LogP contribution is -2.06. The van der Waals surface area contributed by atoms with Gasteiger partial charge in [-0.05, 0) is 32.1 Å². The molecule has 2 heteroatoms.